The maximum Gasteiger partial charge on any atom is 0.248 e. The zero-order chi connectivity index (χ0) is 13.1. The van der Waals surface area contributed by atoms with Crippen molar-refractivity contribution >= 4 is 11.6 Å². The molecular weight excluding hydrogens is 226 g/mol. The van der Waals surface area contributed by atoms with Crippen LogP contribution in [0.2, 0.25) is 0 Å². The van der Waals surface area contributed by atoms with E-state index in [0.717, 1.165) is 12.1 Å². The fourth-order valence-electron chi connectivity index (χ4n) is 2.64. The summed E-state index contributed by atoms with van der Waals surface area (Å²) in [5, 5.41) is 0. The monoisotopic (exact) mass is 247 g/mol. The lowest BCUT2D eigenvalue weighted by molar-refractivity contribution is 0.100. The molecule has 1 fully saturated rings. The van der Waals surface area contributed by atoms with E-state index in [1.807, 2.05) is 6.07 Å². The van der Waals surface area contributed by atoms with Gasteiger partial charge in [0.05, 0.1) is 0 Å². The minimum atomic E-state index is -0.433. The molecule has 0 radical (unpaired) electrons. The van der Waals surface area contributed by atoms with Gasteiger partial charge in [-0.15, -0.1) is 0 Å². The van der Waals surface area contributed by atoms with Gasteiger partial charge in [-0.05, 0) is 37.6 Å². The summed E-state index contributed by atoms with van der Waals surface area (Å²) in [7, 11) is 2.14. The second kappa shape index (κ2) is 5.40. The number of carbonyl (C=O) groups excluding carboxylic acids is 1. The van der Waals surface area contributed by atoms with Crippen molar-refractivity contribution in [3.05, 3.63) is 29.3 Å². The highest BCUT2D eigenvalue weighted by Crippen LogP contribution is 2.25. The maximum absolute atomic E-state index is 11.1. The van der Waals surface area contributed by atoms with Gasteiger partial charge in [0.25, 0.3) is 0 Å². The number of nitrogen functional groups attached to an aromatic ring is 1. The van der Waals surface area contributed by atoms with E-state index in [0.29, 0.717) is 17.3 Å². The minimum absolute atomic E-state index is 0.433. The Balaban J connectivity index is 2.06. The molecule has 1 saturated carbocycles. The Hall–Kier alpha value is -1.55. The number of amides is 1. The summed E-state index contributed by atoms with van der Waals surface area (Å²) in [6.07, 6.45) is 5.20. The van der Waals surface area contributed by atoms with Gasteiger partial charge in [-0.25, -0.2) is 0 Å². The van der Waals surface area contributed by atoms with Crippen LogP contribution in [0.15, 0.2) is 18.2 Å². The first-order valence-electron chi connectivity index (χ1n) is 6.46. The predicted octanol–water partition coefficient (Wildman–Crippen LogP) is 1.74. The van der Waals surface area contributed by atoms with Crippen LogP contribution in [0.3, 0.4) is 0 Å². The van der Waals surface area contributed by atoms with Crippen molar-refractivity contribution in [2.24, 2.45) is 5.73 Å². The van der Waals surface area contributed by atoms with Gasteiger partial charge in [0, 0.05) is 23.8 Å². The molecule has 1 aromatic carbocycles. The van der Waals surface area contributed by atoms with Crippen LogP contribution in [-0.2, 0) is 6.54 Å². The summed E-state index contributed by atoms with van der Waals surface area (Å²) in [5.74, 6) is -0.433. The molecule has 2 rings (SSSR count). The third-order valence-corrected chi connectivity index (χ3v) is 3.80. The number of primary amides is 1. The molecular formula is C14H21N3O. The van der Waals surface area contributed by atoms with E-state index in [1.165, 1.54) is 25.7 Å². The molecule has 0 atom stereocenters. The van der Waals surface area contributed by atoms with Crippen LogP contribution in [-0.4, -0.2) is 23.9 Å². The molecule has 0 spiro atoms. The molecule has 4 nitrogen and oxygen atoms in total. The van der Waals surface area contributed by atoms with Gasteiger partial charge in [-0.2, -0.15) is 0 Å². The van der Waals surface area contributed by atoms with Crippen LogP contribution < -0.4 is 11.5 Å². The van der Waals surface area contributed by atoms with Crippen LogP contribution >= 0.6 is 0 Å². The van der Waals surface area contributed by atoms with Crippen molar-refractivity contribution in [2.75, 3.05) is 12.8 Å². The normalized spacial score (nSPS) is 16.3. The van der Waals surface area contributed by atoms with Gasteiger partial charge in [-0.3, -0.25) is 9.69 Å². The second-order valence-electron chi connectivity index (χ2n) is 5.13. The number of hydrogen-bond acceptors (Lipinski definition) is 3. The Bertz CT molecular complexity index is 439. The lowest BCUT2D eigenvalue weighted by Crippen LogP contribution is -2.28. The highest BCUT2D eigenvalue weighted by molar-refractivity contribution is 5.93. The average molecular weight is 247 g/mol. The van der Waals surface area contributed by atoms with Gasteiger partial charge < -0.3 is 11.5 Å². The fraction of sp³-hybridized carbons (Fsp3) is 0.500. The minimum Gasteiger partial charge on any atom is -0.398 e. The molecule has 0 aromatic heterocycles. The van der Waals surface area contributed by atoms with E-state index in [4.69, 9.17) is 11.5 Å². The molecule has 0 unspecified atom stereocenters. The summed E-state index contributed by atoms with van der Waals surface area (Å²) in [5.41, 5.74) is 13.4. The molecule has 98 valence electrons. The highest BCUT2D eigenvalue weighted by atomic mass is 16.1. The lowest BCUT2D eigenvalue weighted by atomic mass is 10.1. The first-order chi connectivity index (χ1) is 8.58. The Morgan fingerprint density at radius 3 is 2.61 bits per heavy atom. The quantitative estimate of drug-likeness (QED) is 0.796. The SMILES string of the molecule is CN(Cc1ccc(C(N)=O)cc1N)C1CCCC1. The first kappa shape index (κ1) is 12.9. The molecule has 0 heterocycles. The van der Waals surface area contributed by atoms with E-state index in [-0.39, 0.29) is 0 Å². The molecule has 1 aliphatic rings. The summed E-state index contributed by atoms with van der Waals surface area (Å²) in [6, 6.07) is 5.98. The van der Waals surface area contributed by atoms with Gasteiger partial charge in [0.2, 0.25) is 5.91 Å². The number of carbonyl (C=O) groups is 1. The Morgan fingerprint density at radius 1 is 1.39 bits per heavy atom. The summed E-state index contributed by atoms with van der Waals surface area (Å²) >= 11 is 0. The summed E-state index contributed by atoms with van der Waals surface area (Å²) < 4.78 is 0. The highest BCUT2D eigenvalue weighted by Gasteiger charge is 2.20. The second-order valence-corrected chi connectivity index (χ2v) is 5.13. The van der Waals surface area contributed by atoms with E-state index in [2.05, 4.69) is 11.9 Å². The number of rotatable bonds is 4. The molecule has 1 aliphatic carbocycles. The zero-order valence-corrected chi connectivity index (χ0v) is 10.9. The molecule has 4 N–H and O–H groups in total. The van der Waals surface area contributed by atoms with E-state index in [1.54, 1.807) is 12.1 Å². The van der Waals surface area contributed by atoms with Crippen LogP contribution in [0.5, 0.6) is 0 Å². The molecule has 1 aromatic rings. The number of nitrogens with two attached hydrogens (primary N) is 2. The Labute approximate surface area is 108 Å². The van der Waals surface area contributed by atoms with Crippen molar-refractivity contribution in [3.63, 3.8) is 0 Å². The van der Waals surface area contributed by atoms with Gasteiger partial charge >= 0.3 is 0 Å². The largest absolute Gasteiger partial charge is 0.398 e. The van der Waals surface area contributed by atoms with Crippen LogP contribution in [0.1, 0.15) is 41.6 Å². The van der Waals surface area contributed by atoms with E-state index >= 15 is 0 Å². The van der Waals surface area contributed by atoms with Crippen LogP contribution in [0, 0.1) is 0 Å². The zero-order valence-electron chi connectivity index (χ0n) is 10.9. The van der Waals surface area contributed by atoms with Crippen molar-refractivity contribution in [1.29, 1.82) is 0 Å². The molecule has 0 saturated heterocycles. The van der Waals surface area contributed by atoms with Gasteiger partial charge in [-0.1, -0.05) is 18.9 Å². The third kappa shape index (κ3) is 2.82. The molecule has 4 heteroatoms. The fourth-order valence-corrected chi connectivity index (χ4v) is 2.64. The maximum atomic E-state index is 11.1. The van der Waals surface area contributed by atoms with E-state index < -0.39 is 5.91 Å². The number of anilines is 1. The Kier molecular flexibility index (Phi) is 3.87. The lowest BCUT2D eigenvalue weighted by Gasteiger charge is -2.24. The number of nitrogens with zero attached hydrogens (tertiary/aromatic N) is 1. The van der Waals surface area contributed by atoms with Crippen molar-refractivity contribution in [1.82, 2.24) is 4.90 Å². The number of hydrogen-bond donors (Lipinski definition) is 2. The smallest absolute Gasteiger partial charge is 0.248 e. The topological polar surface area (TPSA) is 72.3 Å². The van der Waals surface area contributed by atoms with Crippen LogP contribution in [0.4, 0.5) is 5.69 Å². The third-order valence-electron chi connectivity index (χ3n) is 3.80. The first-order valence-corrected chi connectivity index (χ1v) is 6.46. The van der Waals surface area contributed by atoms with Crippen molar-refractivity contribution < 1.29 is 4.79 Å². The average Bonchev–Trinajstić information content (AvgIpc) is 2.85. The number of benzene rings is 1. The molecule has 0 aliphatic heterocycles. The van der Waals surface area contributed by atoms with Crippen molar-refractivity contribution in [2.45, 2.75) is 38.3 Å². The molecule has 18 heavy (non-hydrogen) atoms. The van der Waals surface area contributed by atoms with Gasteiger partial charge in [0.15, 0.2) is 0 Å². The Morgan fingerprint density at radius 2 is 2.06 bits per heavy atom. The summed E-state index contributed by atoms with van der Waals surface area (Å²) in [6.45, 7) is 0.829. The molecule has 0 bridgehead atoms. The van der Waals surface area contributed by atoms with Gasteiger partial charge in [0.1, 0.15) is 0 Å². The van der Waals surface area contributed by atoms with E-state index in [9.17, 15) is 4.79 Å². The predicted molar refractivity (Wildman–Crippen MR) is 73.1 cm³/mol. The van der Waals surface area contributed by atoms with Crippen LogP contribution in [0.25, 0.3) is 0 Å². The van der Waals surface area contributed by atoms with Crippen molar-refractivity contribution in [3.8, 4) is 0 Å². The summed E-state index contributed by atoms with van der Waals surface area (Å²) in [4.78, 5) is 13.4. The standard InChI is InChI=1S/C14H21N3O/c1-17(12-4-2-3-5-12)9-11-7-6-10(14(16)18)8-13(11)15/h6-8,12H,2-5,9,15H2,1H3,(H2,16,18). The molecule has 1 amide bonds.